The Balaban J connectivity index is 2.40. The second kappa shape index (κ2) is 8.72. The van der Waals surface area contributed by atoms with E-state index >= 15 is 0 Å². The Kier molecular flexibility index (Phi) is 6.60. The van der Waals surface area contributed by atoms with E-state index in [1.165, 1.54) is 24.3 Å². The quantitative estimate of drug-likeness (QED) is 0.252. The van der Waals surface area contributed by atoms with Gasteiger partial charge >= 0.3 is 6.18 Å². The number of amidine groups is 2. The maximum absolute atomic E-state index is 13.3. The van der Waals surface area contributed by atoms with Crippen molar-refractivity contribution in [2.75, 3.05) is 5.32 Å². The third-order valence-corrected chi connectivity index (χ3v) is 3.84. The number of hydrogen-bond donors (Lipinski definition) is 4. The average Bonchev–Trinajstić information content (AvgIpc) is 3.13. The lowest BCUT2D eigenvalue weighted by Gasteiger charge is -2.23. The molecular weight excluding hydrogens is 403 g/mol. The monoisotopic (exact) mass is 417 g/mol. The number of phenolic OH excluding ortho intramolecular Hbond substituents is 1. The number of nitrogens with two attached hydrogens (primary N) is 1. The van der Waals surface area contributed by atoms with Crippen molar-refractivity contribution >= 4 is 28.6 Å². The number of para-hydroxylation sites is 1. The van der Waals surface area contributed by atoms with Crippen LogP contribution in [0.2, 0.25) is 0 Å². The number of phenols is 1. The van der Waals surface area contributed by atoms with Gasteiger partial charge in [0.1, 0.15) is 12.2 Å². The van der Waals surface area contributed by atoms with Gasteiger partial charge in [0.05, 0.1) is 17.5 Å². The zero-order valence-corrected chi connectivity index (χ0v) is 14.7. The third kappa shape index (κ3) is 5.21. The van der Waals surface area contributed by atoms with Crippen LogP contribution in [0.4, 0.5) is 18.9 Å². The molecule has 0 aromatic heterocycles. The molecule has 0 saturated heterocycles. The van der Waals surface area contributed by atoms with Gasteiger partial charge in [-0.25, -0.2) is 9.20 Å². The Hall–Kier alpha value is -3.11. The lowest BCUT2D eigenvalue weighted by Crippen LogP contribution is -2.42. The van der Waals surface area contributed by atoms with Gasteiger partial charge in [-0.15, -0.1) is 4.40 Å². The Labute approximate surface area is 159 Å². The topological polar surface area (TPSA) is 153 Å². The molecule has 9 nitrogen and oxygen atoms in total. The Morgan fingerprint density at radius 1 is 1.50 bits per heavy atom. The van der Waals surface area contributed by atoms with Crippen LogP contribution >= 0.6 is 0 Å². The molecule has 0 radical (unpaired) electrons. The van der Waals surface area contributed by atoms with E-state index < -0.39 is 47.0 Å². The molecule has 1 heterocycles. The van der Waals surface area contributed by atoms with Crippen molar-refractivity contribution in [2.24, 2.45) is 15.1 Å². The molecule has 0 bridgehead atoms. The number of aliphatic imine (C=N–C) groups is 1. The third-order valence-electron chi connectivity index (χ3n) is 3.51. The highest BCUT2D eigenvalue weighted by molar-refractivity contribution is 7.78. The highest BCUT2D eigenvalue weighted by Crippen LogP contribution is 2.31. The van der Waals surface area contributed by atoms with Crippen molar-refractivity contribution in [3.05, 3.63) is 36.1 Å². The van der Waals surface area contributed by atoms with Crippen molar-refractivity contribution < 1.29 is 31.8 Å². The van der Waals surface area contributed by atoms with Crippen molar-refractivity contribution in [3.8, 4) is 11.8 Å². The number of halogens is 3. The number of nitrogens with zero attached hydrogens (tertiary/aromatic N) is 3. The van der Waals surface area contributed by atoms with E-state index in [9.17, 15) is 22.5 Å². The lowest BCUT2D eigenvalue weighted by molar-refractivity contribution is -0.166. The maximum atomic E-state index is 13.3. The van der Waals surface area contributed by atoms with Gasteiger partial charge in [0.2, 0.25) is 0 Å². The van der Waals surface area contributed by atoms with Crippen LogP contribution in [0.3, 0.4) is 0 Å². The number of rotatable bonds is 4. The molecule has 3 unspecified atom stereocenters. The van der Waals surface area contributed by atoms with E-state index in [0.717, 1.165) is 6.26 Å². The van der Waals surface area contributed by atoms with Gasteiger partial charge in [-0.2, -0.15) is 18.4 Å². The van der Waals surface area contributed by atoms with Gasteiger partial charge in [-0.05, 0) is 18.2 Å². The zero-order valence-electron chi connectivity index (χ0n) is 13.9. The summed E-state index contributed by atoms with van der Waals surface area (Å²) in [4.78, 5) is 3.37. The normalized spacial score (nSPS) is 19.6. The molecule has 1 aliphatic heterocycles. The molecule has 13 heteroatoms. The van der Waals surface area contributed by atoms with Crippen LogP contribution in [-0.4, -0.2) is 43.9 Å². The van der Waals surface area contributed by atoms with Crippen molar-refractivity contribution in [3.63, 3.8) is 0 Å². The predicted molar refractivity (Wildman–Crippen MR) is 94.7 cm³/mol. The lowest BCUT2D eigenvalue weighted by atomic mass is 10.1. The minimum atomic E-state index is -4.81. The summed E-state index contributed by atoms with van der Waals surface area (Å²) >= 11 is -2.85. The number of nitriles is 1. The first-order valence-corrected chi connectivity index (χ1v) is 8.59. The highest BCUT2D eigenvalue weighted by Gasteiger charge is 2.46. The summed E-state index contributed by atoms with van der Waals surface area (Å²) in [6.07, 6.45) is -3.73. The molecule has 1 aliphatic rings. The molecule has 0 amide bonds. The first-order valence-electron chi connectivity index (χ1n) is 7.53. The van der Waals surface area contributed by atoms with Gasteiger partial charge in [-0.1, -0.05) is 6.07 Å². The van der Waals surface area contributed by atoms with Gasteiger partial charge in [0.25, 0.3) is 11.3 Å². The van der Waals surface area contributed by atoms with Crippen molar-refractivity contribution in [1.29, 1.82) is 5.26 Å². The molecule has 5 N–H and O–H groups in total. The summed E-state index contributed by atoms with van der Waals surface area (Å²) in [5.74, 6) is -2.10. The number of alkyl halides is 3. The van der Waals surface area contributed by atoms with E-state index in [0.29, 0.717) is 0 Å². The summed E-state index contributed by atoms with van der Waals surface area (Å²) in [5.41, 5.74) is 5.26. The minimum absolute atomic E-state index is 0.0577. The van der Waals surface area contributed by atoms with E-state index in [4.69, 9.17) is 20.3 Å². The Bertz CT molecular complexity index is 887. The fraction of sp³-hybridized carbons (Fsp3) is 0.267. The summed E-state index contributed by atoms with van der Waals surface area (Å²) in [6.45, 7) is 0. The number of nitrogens with one attached hydrogen (secondary N) is 1. The smallest absolute Gasteiger partial charge is 0.414 e. The number of aromatic hydroxyl groups is 1. The minimum Gasteiger partial charge on any atom is -0.504 e. The molecule has 1 aromatic rings. The first kappa shape index (κ1) is 21.2. The number of anilines is 1. The van der Waals surface area contributed by atoms with Gasteiger partial charge < -0.3 is 20.9 Å². The largest absolute Gasteiger partial charge is 0.504 e. The van der Waals surface area contributed by atoms with Crippen molar-refractivity contribution in [2.45, 2.75) is 24.7 Å². The maximum Gasteiger partial charge on any atom is 0.414 e. The van der Waals surface area contributed by atoms with Crippen LogP contribution < -0.4 is 11.1 Å². The summed E-state index contributed by atoms with van der Waals surface area (Å²) in [5, 5.41) is 21.2. The van der Waals surface area contributed by atoms with Crippen LogP contribution in [-0.2, 0) is 16.0 Å². The zero-order chi connectivity index (χ0) is 20.9. The van der Waals surface area contributed by atoms with Gasteiger partial charge in [0, 0.05) is 6.42 Å². The standard InChI is InChI=1S/C15H14F3N5O4S/c16-15(17,18)12(10-5-2-6-27-10)22-13(20)14(23-28(25)26)21-9-4-1-3-8(7-19)11(9)24/h1-4,6,10,12,24H,5H2,(H2,20,22)(H,21,23)(H,25,26). The molecule has 0 spiro atoms. The molecule has 0 fully saturated rings. The second-order valence-corrected chi connectivity index (χ2v) is 6.04. The van der Waals surface area contributed by atoms with E-state index in [1.807, 2.05) is 0 Å². The van der Waals surface area contributed by atoms with Crippen LogP contribution in [0.25, 0.3) is 0 Å². The summed E-state index contributed by atoms with van der Waals surface area (Å²) < 4.78 is 68.1. The average molecular weight is 417 g/mol. The van der Waals surface area contributed by atoms with Crippen LogP contribution in [0.5, 0.6) is 5.75 Å². The molecule has 1 aromatic carbocycles. The van der Waals surface area contributed by atoms with E-state index in [-0.39, 0.29) is 17.7 Å². The van der Waals surface area contributed by atoms with Crippen molar-refractivity contribution in [1.82, 2.24) is 0 Å². The van der Waals surface area contributed by atoms with E-state index in [1.54, 1.807) is 6.07 Å². The predicted octanol–water partition coefficient (Wildman–Crippen LogP) is 1.80. The molecule has 0 aliphatic carbocycles. The molecular formula is C15H14F3N5O4S. The van der Waals surface area contributed by atoms with Gasteiger partial charge in [-0.3, -0.25) is 4.55 Å². The fourth-order valence-corrected chi connectivity index (χ4v) is 2.55. The molecule has 28 heavy (non-hydrogen) atoms. The van der Waals surface area contributed by atoms with Crippen LogP contribution in [0.1, 0.15) is 12.0 Å². The second-order valence-electron chi connectivity index (χ2n) is 5.39. The molecule has 150 valence electrons. The van der Waals surface area contributed by atoms with Crippen LogP contribution in [0.15, 0.2) is 39.9 Å². The molecule has 3 atom stereocenters. The first-order chi connectivity index (χ1) is 13.1. The number of ether oxygens (including phenoxy) is 1. The summed E-state index contributed by atoms with van der Waals surface area (Å²) in [6, 6.07) is 3.23. The van der Waals surface area contributed by atoms with E-state index in [2.05, 4.69) is 14.7 Å². The fourth-order valence-electron chi connectivity index (χ4n) is 2.26. The number of benzene rings is 1. The SMILES string of the molecule is N#Cc1cccc(NC(=NS(=O)O)C(N)=NC(C2CC=CO2)C(F)(F)F)c1O. The molecule has 0 saturated carbocycles. The van der Waals surface area contributed by atoms with Crippen LogP contribution in [0, 0.1) is 11.3 Å². The summed E-state index contributed by atoms with van der Waals surface area (Å²) in [7, 11) is 0. The number of hydrogen-bond acceptors (Lipinski definition) is 5. The Morgan fingerprint density at radius 3 is 2.75 bits per heavy atom. The highest BCUT2D eigenvalue weighted by atomic mass is 32.2. The Morgan fingerprint density at radius 2 is 2.21 bits per heavy atom. The van der Waals surface area contributed by atoms with Gasteiger partial charge in [0.15, 0.2) is 23.5 Å². The molecule has 2 rings (SSSR count).